The second-order valence-corrected chi connectivity index (χ2v) is 4.39. The predicted octanol–water partition coefficient (Wildman–Crippen LogP) is 3.40. The van der Waals surface area contributed by atoms with Gasteiger partial charge in [0.15, 0.2) is 0 Å². The monoisotopic (exact) mass is 281 g/mol. The standard InChI is InChI=1S/C15H14F3NO/c1-19-8-10-2-14(18)7-15(5-10)20-9-11-3-12(16)6-13(17)4-11/h2-7,19H,8-9H2,1H3. The second kappa shape index (κ2) is 6.43. The molecule has 0 amide bonds. The molecule has 0 atom stereocenters. The van der Waals surface area contributed by atoms with E-state index in [0.29, 0.717) is 17.9 Å². The lowest BCUT2D eigenvalue weighted by Crippen LogP contribution is -2.06. The topological polar surface area (TPSA) is 21.3 Å². The molecule has 2 rings (SSSR count). The van der Waals surface area contributed by atoms with Crippen molar-refractivity contribution in [2.75, 3.05) is 7.05 Å². The number of rotatable bonds is 5. The number of hydrogen-bond acceptors (Lipinski definition) is 2. The van der Waals surface area contributed by atoms with Crippen molar-refractivity contribution in [3.05, 3.63) is 65.0 Å². The maximum Gasteiger partial charge on any atom is 0.127 e. The quantitative estimate of drug-likeness (QED) is 0.907. The van der Waals surface area contributed by atoms with Crippen molar-refractivity contribution < 1.29 is 17.9 Å². The van der Waals surface area contributed by atoms with Gasteiger partial charge in [-0.1, -0.05) is 0 Å². The van der Waals surface area contributed by atoms with E-state index in [9.17, 15) is 13.2 Å². The number of nitrogens with one attached hydrogen (secondary N) is 1. The Morgan fingerprint density at radius 3 is 2.10 bits per heavy atom. The van der Waals surface area contributed by atoms with Crippen LogP contribution >= 0.6 is 0 Å². The van der Waals surface area contributed by atoms with Crippen LogP contribution in [0.4, 0.5) is 13.2 Å². The first kappa shape index (κ1) is 14.4. The van der Waals surface area contributed by atoms with E-state index in [1.165, 1.54) is 24.3 Å². The zero-order valence-electron chi connectivity index (χ0n) is 10.9. The zero-order chi connectivity index (χ0) is 14.5. The molecule has 0 spiro atoms. The molecule has 0 bridgehead atoms. The molecule has 2 aromatic carbocycles. The molecular weight excluding hydrogens is 267 g/mol. The SMILES string of the molecule is CNCc1cc(F)cc(OCc2cc(F)cc(F)c2)c1. The smallest absolute Gasteiger partial charge is 0.127 e. The molecule has 106 valence electrons. The highest BCUT2D eigenvalue weighted by molar-refractivity contribution is 5.30. The van der Waals surface area contributed by atoms with Crippen LogP contribution < -0.4 is 10.1 Å². The average molecular weight is 281 g/mol. The van der Waals surface area contributed by atoms with Crippen LogP contribution in [0.1, 0.15) is 11.1 Å². The van der Waals surface area contributed by atoms with Crippen LogP contribution in [0.2, 0.25) is 0 Å². The number of halogens is 3. The first-order valence-corrected chi connectivity index (χ1v) is 6.08. The minimum absolute atomic E-state index is 0.0306. The minimum atomic E-state index is -0.668. The molecule has 0 aliphatic rings. The molecule has 0 saturated heterocycles. The Hall–Kier alpha value is -2.01. The van der Waals surface area contributed by atoms with E-state index >= 15 is 0 Å². The molecule has 0 aliphatic heterocycles. The van der Waals surface area contributed by atoms with Gasteiger partial charge in [-0.15, -0.1) is 0 Å². The summed E-state index contributed by atoms with van der Waals surface area (Å²) in [5, 5.41) is 2.91. The van der Waals surface area contributed by atoms with Crippen LogP contribution in [0.5, 0.6) is 5.75 Å². The summed E-state index contributed by atoms with van der Waals surface area (Å²) >= 11 is 0. The molecule has 0 aliphatic carbocycles. The van der Waals surface area contributed by atoms with Gasteiger partial charge in [0, 0.05) is 18.7 Å². The Morgan fingerprint density at radius 1 is 0.850 bits per heavy atom. The fraction of sp³-hybridized carbons (Fsp3) is 0.200. The van der Waals surface area contributed by atoms with Crippen molar-refractivity contribution in [2.24, 2.45) is 0 Å². The third-order valence-electron chi connectivity index (χ3n) is 2.64. The Bertz CT molecular complexity index is 581. The van der Waals surface area contributed by atoms with Gasteiger partial charge < -0.3 is 10.1 Å². The lowest BCUT2D eigenvalue weighted by molar-refractivity contribution is 0.302. The summed E-state index contributed by atoms with van der Waals surface area (Å²) in [6, 6.07) is 7.44. The maximum atomic E-state index is 13.4. The van der Waals surface area contributed by atoms with Crippen molar-refractivity contribution >= 4 is 0 Å². The summed E-state index contributed by atoms with van der Waals surface area (Å²) in [4.78, 5) is 0. The fourth-order valence-corrected chi connectivity index (χ4v) is 1.87. The Labute approximate surface area is 115 Å². The van der Waals surface area contributed by atoms with Crippen LogP contribution in [-0.4, -0.2) is 7.05 Å². The minimum Gasteiger partial charge on any atom is -0.489 e. The molecule has 5 heteroatoms. The molecule has 2 nitrogen and oxygen atoms in total. The number of hydrogen-bond donors (Lipinski definition) is 1. The zero-order valence-corrected chi connectivity index (χ0v) is 10.9. The fourth-order valence-electron chi connectivity index (χ4n) is 1.87. The van der Waals surface area contributed by atoms with Gasteiger partial charge in [-0.2, -0.15) is 0 Å². The Balaban J connectivity index is 2.10. The summed E-state index contributed by atoms with van der Waals surface area (Å²) in [6.45, 7) is 0.472. The molecule has 0 radical (unpaired) electrons. The molecule has 0 fully saturated rings. The van der Waals surface area contributed by atoms with E-state index in [2.05, 4.69) is 5.32 Å². The molecule has 2 aromatic rings. The molecular formula is C15H14F3NO. The van der Waals surface area contributed by atoms with Gasteiger partial charge in [0.1, 0.15) is 29.8 Å². The van der Waals surface area contributed by atoms with Gasteiger partial charge in [-0.3, -0.25) is 0 Å². The van der Waals surface area contributed by atoms with E-state index in [-0.39, 0.29) is 6.61 Å². The Kier molecular flexibility index (Phi) is 4.63. The van der Waals surface area contributed by atoms with E-state index in [1.807, 2.05) is 0 Å². The molecule has 0 aromatic heterocycles. The van der Waals surface area contributed by atoms with Gasteiger partial charge in [0.25, 0.3) is 0 Å². The summed E-state index contributed by atoms with van der Waals surface area (Å²) in [5.41, 5.74) is 1.08. The highest BCUT2D eigenvalue weighted by Gasteiger charge is 2.04. The Morgan fingerprint density at radius 2 is 1.45 bits per heavy atom. The molecule has 1 N–H and O–H groups in total. The summed E-state index contributed by atoms with van der Waals surface area (Å²) < 4.78 is 44.8. The van der Waals surface area contributed by atoms with Crippen LogP contribution in [-0.2, 0) is 13.2 Å². The van der Waals surface area contributed by atoms with Crippen LogP contribution in [0, 0.1) is 17.5 Å². The third-order valence-corrected chi connectivity index (χ3v) is 2.64. The average Bonchev–Trinajstić information content (AvgIpc) is 2.35. The molecule has 0 heterocycles. The van der Waals surface area contributed by atoms with Gasteiger partial charge >= 0.3 is 0 Å². The van der Waals surface area contributed by atoms with Crippen molar-refractivity contribution in [3.63, 3.8) is 0 Å². The summed E-state index contributed by atoms with van der Waals surface area (Å²) in [7, 11) is 1.75. The largest absolute Gasteiger partial charge is 0.489 e. The molecule has 0 saturated carbocycles. The third kappa shape index (κ3) is 3.99. The number of benzene rings is 2. The first-order chi connectivity index (χ1) is 9.56. The van der Waals surface area contributed by atoms with Gasteiger partial charge in [-0.05, 0) is 42.4 Å². The van der Waals surface area contributed by atoms with Gasteiger partial charge in [-0.25, -0.2) is 13.2 Å². The summed E-state index contributed by atoms with van der Waals surface area (Å²) in [5.74, 6) is -1.43. The normalized spacial score (nSPS) is 10.6. The number of ether oxygens (including phenoxy) is 1. The molecule has 0 unspecified atom stereocenters. The summed E-state index contributed by atoms with van der Waals surface area (Å²) in [6.07, 6.45) is 0. The van der Waals surface area contributed by atoms with E-state index in [1.54, 1.807) is 13.1 Å². The first-order valence-electron chi connectivity index (χ1n) is 6.08. The van der Waals surface area contributed by atoms with Crippen LogP contribution in [0.25, 0.3) is 0 Å². The van der Waals surface area contributed by atoms with E-state index < -0.39 is 17.5 Å². The molecule has 20 heavy (non-hydrogen) atoms. The lowest BCUT2D eigenvalue weighted by Gasteiger charge is -2.09. The second-order valence-electron chi connectivity index (χ2n) is 4.39. The predicted molar refractivity (Wildman–Crippen MR) is 69.9 cm³/mol. The van der Waals surface area contributed by atoms with Crippen molar-refractivity contribution in [2.45, 2.75) is 13.2 Å². The van der Waals surface area contributed by atoms with E-state index in [4.69, 9.17) is 4.74 Å². The van der Waals surface area contributed by atoms with Gasteiger partial charge in [0.2, 0.25) is 0 Å². The van der Waals surface area contributed by atoms with E-state index in [0.717, 1.165) is 11.6 Å². The highest BCUT2D eigenvalue weighted by atomic mass is 19.1. The van der Waals surface area contributed by atoms with Crippen molar-refractivity contribution in [1.29, 1.82) is 0 Å². The van der Waals surface area contributed by atoms with Crippen LogP contribution in [0.3, 0.4) is 0 Å². The van der Waals surface area contributed by atoms with Crippen molar-refractivity contribution in [3.8, 4) is 5.75 Å². The lowest BCUT2D eigenvalue weighted by atomic mass is 10.2. The van der Waals surface area contributed by atoms with Crippen LogP contribution in [0.15, 0.2) is 36.4 Å². The maximum absolute atomic E-state index is 13.4. The van der Waals surface area contributed by atoms with Crippen molar-refractivity contribution in [1.82, 2.24) is 5.32 Å². The highest BCUT2D eigenvalue weighted by Crippen LogP contribution is 2.18. The van der Waals surface area contributed by atoms with Gasteiger partial charge in [0.05, 0.1) is 0 Å².